The van der Waals surface area contributed by atoms with Crippen molar-refractivity contribution < 1.29 is 4.74 Å². The van der Waals surface area contributed by atoms with Gasteiger partial charge in [-0.15, -0.1) is 0 Å². The highest BCUT2D eigenvalue weighted by Crippen LogP contribution is 2.27. The van der Waals surface area contributed by atoms with Gasteiger partial charge in [-0.05, 0) is 51.7 Å². The molecule has 0 radical (unpaired) electrons. The summed E-state index contributed by atoms with van der Waals surface area (Å²) in [5.74, 6) is 0.843. The third kappa shape index (κ3) is 3.12. The minimum absolute atomic E-state index is 0.538. The van der Waals surface area contributed by atoms with E-state index in [2.05, 4.69) is 35.0 Å². The van der Waals surface area contributed by atoms with Crippen molar-refractivity contribution in [3.63, 3.8) is 0 Å². The van der Waals surface area contributed by atoms with Crippen molar-refractivity contribution in [1.29, 1.82) is 0 Å². The zero-order valence-corrected chi connectivity index (χ0v) is 11.9. The van der Waals surface area contributed by atoms with Crippen LogP contribution in [0.5, 0.6) is 5.75 Å². The van der Waals surface area contributed by atoms with Gasteiger partial charge in [0.15, 0.2) is 0 Å². The molecule has 0 atom stereocenters. The van der Waals surface area contributed by atoms with Crippen LogP contribution < -0.4 is 10.5 Å². The minimum Gasteiger partial charge on any atom is -0.488 e. The van der Waals surface area contributed by atoms with Gasteiger partial charge in [0.2, 0.25) is 0 Å². The lowest BCUT2D eigenvalue weighted by molar-refractivity contribution is 0.303. The van der Waals surface area contributed by atoms with Crippen LogP contribution in [0.4, 0.5) is 0 Å². The summed E-state index contributed by atoms with van der Waals surface area (Å²) in [7, 11) is 0. The normalized spacial score (nSPS) is 10.4. The molecule has 18 heavy (non-hydrogen) atoms. The molecule has 0 spiro atoms. The molecule has 2 N–H and O–H groups in total. The number of rotatable bonds is 4. The maximum atomic E-state index is 5.82. The second-order valence-corrected chi connectivity index (χ2v) is 5.04. The first-order valence-electron chi connectivity index (χ1n) is 5.86. The second-order valence-electron chi connectivity index (χ2n) is 4.18. The summed E-state index contributed by atoms with van der Waals surface area (Å²) in [6, 6.07) is 14.2. The molecule has 0 aliphatic rings. The summed E-state index contributed by atoms with van der Waals surface area (Å²) in [6.07, 6.45) is 0. The van der Waals surface area contributed by atoms with Crippen LogP contribution in [0, 0.1) is 6.92 Å². The van der Waals surface area contributed by atoms with Crippen LogP contribution in [-0.4, -0.2) is 0 Å². The summed E-state index contributed by atoms with van der Waals surface area (Å²) >= 11 is 3.50. The largest absolute Gasteiger partial charge is 0.488 e. The first-order valence-corrected chi connectivity index (χ1v) is 6.66. The van der Waals surface area contributed by atoms with Gasteiger partial charge in [-0.3, -0.25) is 0 Å². The highest BCUT2D eigenvalue weighted by atomic mass is 79.9. The van der Waals surface area contributed by atoms with E-state index in [4.69, 9.17) is 10.5 Å². The van der Waals surface area contributed by atoms with Crippen LogP contribution in [0.3, 0.4) is 0 Å². The van der Waals surface area contributed by atoms with Crippen molar-refractivity contribution in [2.45, 2.75) is 20.1 Å². The third-order valence-electron chi connectivity index (χ3n) is 2.88. The van der Waals surface area contributed by atoms with Crippen molar-refractivity contribution in [3.05, 3.63) is 63.6 Å². The Morgan fingerprint density at radius 1 is 1.17 bits per heavy atom. The molecular weight excluding hydrogens is 290 g/mol. The van der Waals surface area contributed by atoms with Crippen LogP contribution in [0.15, 0.2) is 46.9 Å². The fourth-order valence-corrected chi connectivity index (χ4v) is 2.26. The highest BCUT2D eigenvalue weighted by molar-refractivity contribution is 9.10. The smallest absolute Gasteiger partial charge is 0.134 e. The van der Waals surface area contributed by atoms with E-state index in [-0.39, 0.29) is 0 Å². The monoisotopic (exact) mass is 305 g/mol. The van der Waals surface area contributed by atoms with Crippen LogP contribution in [0.1, 0.15) is 16.7 Å². The summed E-state index contributed by atoms with van der Waals surface area (Å²) in [6.45, 7) is 3.20. The quantitative estimate of drug-likeness (QED) is 0.932. The number of halogens is 1. The summed E-state index contributed by atoms with van der Waals surface area (Å²) < 4.78 is 6.76. The number of hydrogen-bond donors (Lipinski definition) is 1. The average Bonchev–Trinajstić information content (AvgIpc) is 2.39. The lowest BCUT2D eigenvalue weighted by Crippen LogP contribution is -2.00. The van der Waals surface area contributed by atoms with E-state index in [1.54, 1.807) is 0 Å². The highest BCUT2D eigenvalue weighted by Gasteiger charge is 2.03. The summed E-state index contributed by atoms with van der Waals surface area (Å²) in [5.41, 5.74) is 9.12. The molecular formula is C15H16BrNO. The Balaban J connectivity index is 2.09. The Morgan fingerprint density at radius 3 is 2.61 bits per heavy atom. The Kier molecular flexibility index (Phi) is 4.39. The van der Waals surface area contributed by atoms with Crippen molar-refractivity contribution >= 4 is 15.9 Å². The molecule has 2 rings (SSSR count). The number of nitrogens with two attached hydrogens (primary N) is 1. The Hall–Kier alpha value is -1.32. The van der Waals surface area contributed by atoms with E-state index in [1.807, 2.05) is 30.3 Å². The van der Waals surface area contributed by atoms with Gasteiger partial charge in [0.25, 0.3) is 0 Å². The molecule has 94 valence electrons. The van der Waals surface area contributed by atoms with Crippen molar-refractivity contribution in [2.24, 2.45) is 5.73 Å². The van der Waals surface area contributed by atoms with Gasteiger partial charge in [0.05, 0.1) is 4.47 Å². The Morgan fingerprint density at radius 2 is 1.94 bits per heavy atom. The first-order chi connectivity index (χ1) is 8.70. The van der Waals surface area contributed by atoms with Gasteiger partial charge < -0.3 is 10.5 Å². The Bertz CT molecular complexity index is 540. The zero-order valence-electron chi connectivity index (χ0n) is 10.3. The van der Waals surface area contributed by atoms with Gasteiger partial charge in [-0.1, -0.05) is 30.3 Å². The summed E-state index contributed by atoms with van der Waals surface area (Å²) in [4.78, 5) is 0. The van der Waals surface area contributed by atoms with E-state index < -0.39 is 0 Å². The second kappa shape index (κ2) is 6.03. The molecule has 0 saturated carbocycles. The molecule has 0 aromatic heterocycles. The summed E-state index contributed by atoms with van der Waals surface area (Å²) in [5, 5.41) is 0. The topological polar surface area (TPSA) is 35.2 Å². The van der Waals surface area contributed by atoms with E-state index in [0.29, 0.717) is 13.2 Å². The zero-order chi connectivity index (χ0) is 13.0. The molecule has 2 nitrogen and oxygen atoms in total. The molecule has 0 heterocycles. The molecule has 0 aliphatic carbocycles. The van der Waals surface area contributed by atoms with E-state index in [9.17, 15) is 0 Å². The number of benzene rings is 2. The molecule has 0 unspecified atom stereocenters. The molecule has 0 amide bonds. The molecule has 0 bridgehead atoms. The van der Waals surface area contributed by atoms with Gasteiger partial charge >= 0.3 is 0 Å². The fraction of sp³-hybridized carbons (Fsp3) is 0.200. The van der Waals surface area contributed by atoms with Crippen molar-refractivity contribution in [3.8, 4) is 5.75 Å². The molecule has 0 fully saturated rings. The van der Waals surface area contributed by atoms with E-state index in [0.717, 1.165) is 15.8 Å². The van der Waals surface area contributed by atoms with E-state index in [1.165, 1.54) is 11.1 Å². The number of aryl methyl sites for hydroxylation is 1. The van der Waals surface area contributed by atoms with Gasteiger partial charge in [-0.2, -0.15) is 0 Å². The molecule has 0 saturated heterocycles. The van der Waals surface area contributed by atoms with Crippen LogP contribution >= 0.6 is 15.9 Å². The first kappa shape index (κ1) is 13.1. The van der Waals surface area contributed by atoms with E-state index >= 15 is 0 Å². The minimum atomic E-state index is 0.538. The van der Waals surface area contributed by atoms with Crippen LogP contribution in [0.2, 0.25) is 0 Å². The van der Waals surface area contributed by atoms with Gasteiger partial charge in [0, 0.05) is 6.54 Å². The number of ether oxygens (including phenoxy) is 1. The predicted molar refractivity (Wildman–Crippen MR) is 77.5 cm³/mol. The molecule has 3 heteroatoms. The fourth-order valence-electron chi connectivity index (χ4n) is 1.72. The van der Waals surface area contributed by atoms with Crippen LogP contribution in [-0.2, 0) is 13.2 Å². The standard InChI is InChI=1S/C15H16BrNO/c1-11-4-2-3-5-13(11)10-18-15-7-6-12(9-17)8-14(15)16/h2-8H,9-10,17H2,1H3. The molecule has 2 aromatic carbocycles. The van der Waals surface area contributed by atoms with Gasteiger partial charge in [-0.25, -0.2) is 0 Å². The maximum Gasteiger partial charge on any atom is 0.134 e. The lowest BCUT2D eigenvalue weighted by Gasteiger charge is -2.11. The molecule has 0 aliphatic heterocycles. The van der Waals surface area contributed by atoms with Crippen LogP contribution in [0.25, 0.3) is 0 Å². The average molecular weight is 306 g/mol. The number of hydrogen-bond acceptors (Lipinski definition) is 2. The Labute approximate surface area is 116 Å². The predicted octanol–water partition coefficient (Wildman–Crippen LogP) is 3.80. The SMILES string of the molecule is Cc1ccccc1COc1ccc(CN)cc1Br. The maximum absolute atomic E-state index is 5.82. The van der Waals surface area contributed by atoms with Crippen molar-refractivity contribution in [2.75, 3.05) is 0 Å². The van der Waals surface area contributed by atoms with Crippen molar-refractivity contribution in [1.82, 2.24) is 0 Å². The lowest BCUT2D eigenvalue weighted by atomic mass is 10.1. The van der Waals surface area contributed by atoms with Gasteiger partial charge in [0.1, 0.15) is 12.4 Å². The molecule has 2 aromatic rings. The third-order valence-corrected chi connectivity index (χ3v) is 3.50.